The largest absolute Gasteiger partial charge is 0.396 e. The van der Waals surface area contributed by atoms with Crippen LogP contribution >= 0.6 is 11.8 Å². The van der Waals surface area contributed by atoms with Gasteiger partial charge in [0, 0.05) is 11.8 Å². The predicted molar refractivity (Wildman–Crippen MR) is 68.5 cm³/mol. The molecular formula is C12H25NOS. The Kier molecular flexibility index (Phi) is 7.49. The van der Waals surface area contributed by atoms with Crippen molar-refractivity contribution in [2.75, 3.05) is 24.7 Å². The lowest BCUT2D eigenvalue weighted by atomic mass is 10.0. The van der Waals surface area contributed by atoms with Gasteiger partial charge < -0.3 is 10.4 Å². The summed E-state index contributed by atoms with van der Waals surface area (Å²) in [5, 5.41) is 12.4. The Hall–Kier alpha value is 0.270. The van der Waals surface area contributed by atoms with Gasteiger partial charge in [0.1, 0.15) is 0 Å². The molecule has 0 aromatic rings. The van der Waals surface area contributed by atoms with Crippen molar-refractivity contribution in [3.05, 3.63) is 0 Å². The molecule has 3 heteroatoms. The van der Waals surface area contributed by atoms with Gasteiger partial charge in [-0.1, -0.05) is 13.3 Å². The minimum Gasteiger partial charge on any atom is -0.396 e. The molecule has 0 bridgehead atoms. The van der Waals surface area contributed by atoms with Crippen molar-refractivity contribution in [2.45, 2.75) is 45.1 Å². The van der Waals surface area contributed by atoms with Crippen molar-refractivity contribution in [3.8, 4) is 0 Å². The third kappa shape index (κ3) is 5.23. The number of aliphatic hydroxyl groups excluding tert-OH is 1. The summed E-state index contributed by atoms with van der Waals surface area (Å²) >= 11 is 1.89. The molecule has 0 heterocycles. The van der Waals surface area contributed by atoms with Crippen LogP contribution in [0.1, 0.15) is 39.0 Å². The Morgan fingerprint density at radius 2 is 2.20 bits per heavy atom. The van der Waals surface area contributed by atoms with Gasteiger partial charge in [0.2, 0.25) is 0 Å². The molecule has 1 fully saturated rings. The highest BCUT2D eigenvalue weighted by Gasteiger charge is 2.25. The summed E-state index contributed by atoms with van der Waals surface area (Å²) in [7, 11) is 0. The standard InChI is InChI=1S/C12H25NOS/c1-2-7-13-12-5-3-4-11(12)6-9-15-10-8-14/h11-14H,2-10H2,1H3. The Labute approximate surface area is 98.2 Å². The zero-order chi connectivity index (χ0) is 10.9. The van der Waals surface area contributed by atoms with E-state index in [1.54, 1.807) is 0 Å². The fraction of sp³-hybridized carbons (Fsp3) is 1.00. The minimum atomic E-state index is 0.326. The minimum absolute atomic E-state index is 0.326. The maximum atomic E-state index is 8.69. The zero-order valence-electron chi connectivity index (χ0n) is 9.87. The van der Waals surface area contributed by atoms with Gasteiger partial charge >= 0.3 is 0 Å². The molecule has 15 heavy (non-hydrogen) atoms. The smallest absolute Gasteiger partial charge is 0.0521 e. The van der Waals surface area contributed by atoms with Crippen molar-refractivity contribution >= 4 is 11.8 Å². The van der Waals surface area contributed by atoms with Gasteiger partial charge in [0.05, 0.1) is 6.61 Å². The van der Waals surface area contributed by atoms with E-state index in [1.165, 1.54) is 44.4 Å². The summed E-state index contributed by atoms with van der Waals surface area (Å²) in [4.78, 5) is 0. The van der Waals surface area contributed by atoms with Crippen LogP contribution in [0.5, 0.6) is 0 Å². The zero-order valence-corrected chi connectivity index (χ0v) is 10.7. The lowest BCUT2D eigenvalue weighted by molar-refractivity contribution is 0.322. The highest BCUT2D eigenvalue weighted by Crippen LogP contribution is 2.29. The van der Waals surface area contributed by atoms with Crippen molar-refractivity contribution in [2.24, 2.45) is 5.92 Å². The summed E-state index contributed by atoms with van der Waals surface area (Å²) in [5.41, 5.74) is 0. The lowest BCUT2D eigenvalue weighted by Gasteiger charge is -2.20. The number of rotatable bonds is 8. The second-order valence-corrected chi connectivity index (χ2v) is 5.60. The van der Waals surface area contributed by atoms with E-state index < -0.39 is 0 Å². The second-order valence-electron chi connectivity index (χ2n) is 4.38. The van der Waals surface area contributed by atoms with Gasteiger partial charge in [-0.05, 0) is 43.9 Å². The Morgan fingerprint density at radius 1 is 1.33 bits per heavy atom. The van der Waals surface area contributed by atoms with E-state index in [0.29, 0.717) is 6.61 Å². The van der Waals surface area contributed by atoms with Crippen LogP contribution in [0.15, 0.2) is 0 Å². The highest BCUT2D eigenvalue weighted by molar-refractivity contribution is 7.99. The maximum absolute atomic E-state index is 8.69. The van der Waals surface area contributed by atoms with Crippen molar-refractivity contribution in [1.82, 2.24) is 5.32 Å². The fourth-order valence-corrected chi connectivity index (χ4v) is 3.18. The summed E-state index contributed by atoms with van der Waals surface area (Å²) in [6.45, 7) is 3.73. The summed E-state index contributed by atoms with van der Waals surface area (Å²) in [5.74, 6) is 3.01. The molecule has 2 N–H and O–H groups in total. The first kappa shape index (κ1) is 13.3. The third-order valence-electron chi connectivity index (χ3n) is 3.18. The topological polar surface area (TPSA) is 32.3 Å². The molecule has 0 aromatic carbocycles. The van der Waals surface area contributed by atoms with Crippen LogP contribution in [0, 0.1) is 5.92 Å². The van der Waals surface area contributed by atoms with Gasteiger partial charge in [-0.25, -0.2) is 0 Å². The maximum Gasteiger partial charge on any atom is 0.0521 e. The Balaban J connectivity index is 2.09. The lowest BCUT2D eigenvalue weighted by Crippen LogP contribution is -2.33. The quantitative estimate of drug-likeness (QED) is 0.629. The van der Waals surface area contributed by atoms with Crippen LogP contribution in [-0.2, 0) is 0 Å². The predicted octanol–water partition coefficient (Wildman–Crippen LogP) is 2.27. The number of nitrogens with one attached hydrogen (secondary N) is 1. The molecule has 0 amide bonds. The molecule has 2 nitrogen and oxygen atoms in total. The van der Waals surface area contributed by atoms with Crippen LogP contribution in [0.3, 0.4) is 0 Å². The van der Waals surface area contributed by atoms with E-state index in [-0.39, 0.29) is 0 Å². The van der Waals surface area contributed by atoms with E-state index >= 15 is 0 Å². The van der Waals surface area contributed by atoms with Gasteiger partial charge in [0.15, 0.2) is 0 Å². The first-order chi connectivity index (χ1) is 7.38. The molecule has 1 aliphatic rings. The van der Waals surface area contributed by atoms with Gasteiger partial charge in [-0.15, -0.1) is 0 Å². The number of hydrogen-bond acceptors (Lipinski definition) is 3. The number of hydrogen-bond donors (Lipinski definition) is 2. The Morgan fingerprint density at radius 3 is 2.93 bits per heavy atom. The normalized spacial score (nSPS) is 26.0. The highest BCUT2D eigenvalue weighted by atomic mass is 32.2. The second kappa shape index (κ2) is 8.43. The fourth-order valence-electron chi connectivity index (χ4n) is 2.38. The number of thioether (sulfide) groups is 1. The molecule has 2 unspecified atom stereocenters. The average Bonchev–Trinajstić information content (AvgIpc) is 2.69. The molecule has 0 aliphatic heterocycles. The van der Waals surface area contributed by atoms with Crippen molar-refractivity contribution in [3.63, 3.8) is 0 Å². The van der Waals surface area contributed by atoms with Crippen LogP contribution < -0.4 is 5.32 Å². The van der Waals surface area contributed by atoms with Crippen LogP contribution in [0.4, 0.5) is 0 Å². The summed E-state index contributed by atoms with van der Waals surface area (Å²) in [6.07, 6.45) is 6.74. The molecule has 1 saturated carbocycles. The Bertz CT molecular complexity index is 155. The van der Waals surface area contributed by atoms with Gasteiger partial charge in [-0.2, -0.15) is 11.8 Å². The van der Waals surface area contributed by atoms with E-state index in [1.807, 2.05) is 11.8 Å². The molecule has 0 radical (unpaired) electrons. The molecule has 1 aliphatic carbocycles. The van der Waals surface area contributed by atoms with E-state index in [4.69, 9.17) is 5.11 Å². The van der Waals surface area contributed by atoms with Crippen molar-refractivity contribution in [1.29, 1.82) is 0 Å². The van der Waals surface area contributed by atoms with Gasteiger partial charge in [-0.3, -0.25) is 0 Å². The van der Waals surface area contributed by atoms with Crippen LogP contribution in [0.2, 0.25) is 0 Å². The van der Waals surface area contributed by atoms with Gasteiger partial charge in [0.25, 0.3) is 0 Å². The molecule has 0 spiro atoms. The molecule has 90 valence electrons. The van der Waals surface area contributed by atoms with Crippen molar-refractivity contribution < 1.29 is 5.11 Å². The summed E-state index contributed by atoms with van der Waals surface area (Å²) < 4.78 is 0. The van der Waals surface area contributed by atoms with E-state index in [2.05, 4.69) is 12.2 Å². The average molecular weight is 231 g/mol. The van der Waals surface area contributed by atoms with E-state index in [0.717, 1.165) is 17.7 Å². The molecular weight excluding hydrogens is 206 g/mol. The summed E-state index contributed by atoms with van der Waals surface area (Å²) in [6, 6.07) is 0.777. The number of aliphatic hydroxyl groups is 1. The molecule has 1 rings (SSSR count). The monoisotopic (exact) mass is 231 g/mol. The SMILES string of the molecule is CCCNC1CCCC1CCSCCO. The molecule has 0 aromatic heterocycles. The van der Waals surface area contributed by atoms with E-state index in [9.17, 15) is 0 Å². The third-order valence-corrected chi connectivity index (χ3v) is 4.18. The molecule has 0 saturated heterocycles. The molecule has 2 atom stereocenters. The van der Waals surface area contributed by atoms with Crippen LogP contribution in [-0.4, -0.2) is 35.8 Å². The van der Waals surface area contributed by atoms with Crippen LogP contribution in [0.25, 0.3) is 0 Å². The first-order valence-corrected chi connectivity index (χ1v) is 7.46. The first-order valence-electron chi connectivity index (χ1n) is 6.30.